The molecule has 0 radical (unpaired) electrons. The Bertz CT molecular complexity index is 703. The highest BCUT2D eigenvalue weighted by Crippen LogP contribution is 2.22. The molecule has 7 nitrogen and oxygen atoms in total. The lowest BCUT2D eigenvalue weighted by Gasteiger charge is -2.28. The average Bonchev–Trinajstić information content (AvgIpc) is 2.59. The first kappa shape index (κ1) is 16.1. The van der Waals surface area contributed by atoms with Gasteiger partial charge >= 0.3 is 6.01 Å². The Labute approximate surface area is 138 Å². The van der Waals surface area contributed by atoms with E-state index < -0.39 is 5.82 Å². The van der Waals surface area contributed by atoms with Gasteiger partial charge in [-0.05, 0) is 31.7 Å². The van der Waals surface area contributed by atoms with Crippen molar-refractivity contribution < 1.29 is 18.7 Å². The molecule has 2 aromatic heterocycles. The molecule has 0 aliphatic heterocycles. The highest BCUT2D eigenvalue weighted by Gasteiger charge is 2.25. The highest BCUT2D eigenvalue weighted by atomic mass is 19.1. The molecule has 0 bridgehead atoms. The van der Waals surface area contributed by atoms with Gasteiger partial charge in [0.25, 0.3) is 5.91 Å². The number of hydrogen-bond acceptors (Lipinski definition) is 5. The van der Waals surface area contributed by atoms with Gasteiger partial charge in [-0.2, -0.15) is 4.73 Å². The molecular weight excluding hydrogens is 315 g/mol. The molecule has 2 aromatic rings. The lowest BCUT2D eigenvalue weighted by molar-refractivity contribution is -0.605. The maximum absolute atomic E-state index is 12.8. The third-order valence-electron chi connectivity index (χ3n) is 3.92. The highest BCUT2D eigenvalue weighted by molar-refractivity contribution is 5.93. The van der Waals surface area contributed by atoms with Gasteiger partial charge in [0.2, 0.25) is 0 Å². The summed E-state index contributed by atoms with van der Waals surface area (Å²) in [5.74, 6) is -0.763. The van der Waals surface area contributed by atoms with Gasteiger partial charge in [-0.25, -0.2) is 14.4 Å². The molecule has 0 saturated heterocycles. The first-order valence-electron chi connectivity index (χ1n) is 7.74. The number of pyridine rings is 1. The standard InChI is InChI=1S/C16H17FN4O3/c17-12-8-18-16(19-9-12)24-14-5-3-13(4-6-14)20-15(22)11-2-1-7-21(23)10-11/h1-2,7-10,13-14H,3-6H2,(H,20,22). The predicted molar refractivity (Wildman–Crippen MR) is 81.5 cm³/mol. The number of aromatic nitrogens is 3. The van der Waals surface area contributed by atoms with E-state index in [0.717, 1.165) is 38.1 Å². The topological polar surface area (TPSA) is 91.0 Å². The van der Waals surface area contributed by atoms with Gasteiger partial charge in [0, 0.05) is 12.1 Å². The Morgan fingerprint density at radius 3 is 2.67 bits per heavy atom. The van der Waals surface area contributed by atoms with Crippen LogP contribution in [0.3, 0.4) is 0 Å². The molecule has 1 aliphatic rings. The summed E-state index contributed by atoms with van der Waals surface area (Å²) in [6.45, 7) is 0. The lowest BCUT2D eigenvalue weighted by atomic mass is 9.93. The van der Waals surface area contributed by atoms with Crippen LogP contribution >= 0.6 is 0 Å². The summed E-state index contributed by atoms with van der Waals surface area (Å²) >= 11 is 0. The maximum atomic E-state index is 12.8. The summed E-state index contributed by atoms with van der Waals surface area (Å²) < 4.78 is 19.0. The number of nitrogens with one attached hydrogen (secondary N) is 1. The van der Waals surface area contributed by atoms with E-state index in [-0.39, 0.29) is 24.1 Å². The zero-order valence-electron chi connectivity index (χ0n) is 12.9. The Morgan fingerprint density at radius 2 is 2.00 bits per heavy atom. The first-order chi connectivity index (χ1) is 11.6. The Kier molecular flexibility index (Phi) is 4.83. The van der Waals surface area contributed by atoms with E-state index in [9.17, 15) is 14.4 Å². The van der Waals surface area contributed by atoms with Crippen molar-refractivity contribution in [2.75, 3.05) is 0 Å². The van der Waals surface area contributed by atoms with Crippen LogP contribution in [0.5, 0.6) is 6.01 Å². The molecule has 24 heavy (non-hydrogen) atoms. The largest absolute Gasteiger partial charge is 0.619 e. The van der Waals surface area contributed by atoms with E-state index in [0.29, 0.717) is 10.3 Å². The summed E-state index contributed by atoms with van der Waals surface area (Å²) in [4.78, 5) is 19.7. The van der Waals surface area contributed by atoms with Crippen LogP contribution in [0, 0.1) is 11.0 Å². The van der Waals surface area contributed by atoms with E-state index in [4.69, 9.17) is 4.74 Å². The SMILES string of the molecule is O=C(NC1CCC(Oc2ncc(F)cn2)CC1)c1ccc[n+]([O-])c1. The second-order valence-corrected chi connectivity index (χ2v) is 5.70. The molecule has 1 saturated carbocycles. The molecule has 3 rings (SSSR count). The quantitative estimate of drug-likeness (QED) is 0.674. The molecule has 0 atom stereocenters. The smallest absolute Gasteiger partial charge is 0.316 e. The summed E-state index contributed by atoms with van der Waals surface area (Å²) in [5.41, 5.74) is 0.339. The normalized spacial score (nSPS) is 20.4. The monoisotopic (exact) mass is 332 g/mol. The van der Waals surface area contributed by atoms with Crippen molar-refractivity contribution in [1.82, 2.24) is 15.3 Å². The molecule has 1 N–H and O–H groups in total. The van der Waals surface area contributed by atoms with Crippen molar-refractivity contribution in [3.63, 3.8) is 0 Å². The molecule has 0 unspecified atom stereocenters. The van der Waals surface area contributed by atoms with E-state index >= 15 is 0 Å². The lowest BCUT2D eigenvalue weighted by Crippen LogP contribution is -2.40. The minimum Gasteiger partial charge on any atom is -0.619 e. The van der Waals surface area contributed by atoms with Crippen molar-refractivity contribution in [1.29, 1.82) is 0 Å². The van der Waals surface area contributed by atoms with Crippen molar-refractivity contribution >= 4 is 5.91 Å². The molecule has 0 spiro atoms. The summed E-state index contributed by atoms with van der Waals surface area (Å²) in [7, 11) is 0. The Morgan fingerprint density at radius 1 is 1.29 bits per heavy atom. The number of nitrogens with zero attached hydrogens (tertiary/aromatic N) is 3. The third-order valence-corrected chi connectivity index (χ3v) is 3.92. The van der Waals surface area contributed by atoms with Crippen molar-refractivity contribution in [3.8, 4) is 6.01 Å². The molecule has 2 heterocycles. The van der Waals surface area contributed by atoms with Crippen LogP contribution in [0.4, 0.5) is 4.39 Å². The van der Waals surface area contributed by atoms with E-state index in [1.807, 2.05) is 0 Å². The summed E-state index contributed by atoms with van der Waals surface area (Å²) in [5, 5.41) is 14.1. The fraction of sp³-hybridized carbons (Fsp3) is 0.375. The van der Waals surface area contributed by atoms with Crippen LogP contribution < -0.4 is 14.8 Å². The van der Waals surface area contributed by atoms with Gasteiger partial charge in [0.1, 0.15) is 11.7 Å². The number of amides is 1. The van der Waals surface area contributed by atoms with E-state index in [2.05, 4.69) is 15.3 Å². The van der Waals surface area contributed by atoms with E-state index in [1.165, 1.54) is 18.5 Å². The summed E-state index contributed by atoms with van der Waals surface area (Å²) in [6.07, 6.45) is 7.64. The van der Waals surface area contributed by atoms with Gasteiger partial charge in [0.05, 0.1) is 12.4 Å². The number of ether oxygens (including phenoxy) is 1. The second-order valence-electron chi connectivity index (χ2n) is 5.70. The van der Waals surface area contributed by atoms with Crippen LogP contribution in [0.15, 0.2) is 36.9 Å². The molecule has 1 aliphatic carbocycles. The Hall–Kier alpha value is -2.77. The second kappa shape index (κ2) is 7.20. The third kappa shape index (κ3) is 4.15. The molecule has 8 heteroatoms. The predicted octanol–water partition coefficient (Wildman–Crippen LogP) is 1.37. The summed E-state index contributed by atoms with van der Waals surface area (Å²) in [6, 6.07) is 3.33. The van der Waals surface area contributed by atoms with Crippen LogP contribution in [0.2, 0.25) is 0 Å². The van der Waals surface area contributed by atoms with Crippen molar-refractivity contribution in [3.05, 3.63) is 53.5 Å². The van der Waals surface area contributed by atoms with E-state index in [1.54, 1.807) is 6.07 Å². The minimum absolute atomic E-state index is 0.0341. The van der Waals surface area contributed by atoms with Crippen LogP contribution in [0.1, 0.15) is 36.0 Å². The molecule has 0 aromatic carbocycles. The van der Waals surface area contributed by atoms with Crippen molar-refractivity contribution in [2.45, 2.75) is 37.8 Å². The van der Waals surface area contributed by atoms with Crippen LogP contribution in [0.25, 0.3) is 0 Å². The van der Waals surface area contributed by atoms with Crippen LogP contribution in [-0.2, 0) is 0 Å². The van der Waals surface area contributed by atoms with Gasteiger partial charge in [0.15, 0.2) is 18.2 Å². The number of hydrogen-bond donors (Lipinski definition) is 1. The molecule has 1 amide bonds. The van der Waals surface area contributed by atoms with Gasteiger partial charge in [-0.3, -0.25) is 4.79 Å². The van der Waals surface area contributed by atoms with Crippen molar-refractivity contribution in [2.24, 2.45) is 0 Å². The number of carbonyl (C=O) groups excluding carboxylic acids is 1. The fourth-order valence-corrected chi connectivity index (χ4v) is 2.69. The fourth-order valence-electron chi connectivity index (χ4n) is 2.69. The van der Waals surface area contributed by atoms with Crippen LogP contribution in [-0.4, -0.2) is 28.0 Å². The zero-order valence-corrected chi connectivity index (χ0v) is 12.9. The number of halogens is 1. The molecular formula is C16H17FN4O3. The Balaban J connectivity index is 1.48. The minimum atomic E-state index is -0.505. The molecule has 126 valence electrons. The van der Waals surface area contributed by atoms with Gasteiger partial charge in [-0.15, -0.1) is 0 Å². The van der Waals surface area contributed by atoms with Gasteiger partial charge < -0.3 is 15.3 Å². The number of carbonyl (C=O) groups is 1. The zero-order chi connectivity index (χ0) is 16.9. The number of rotatable bonds is 4. The maximum Gasteiger partial charge on any atom is 0.316 e. The first-order valence-corrected chi connectivity index (χ1v) is 7.74. The average molecular weight is 332 g/mol. The van der Waals surface area contributed by atoms with Gasteiger partial charge in [-0.1, -0.05) is 0 Å². The molecule has 1 fully saturated rings.